The van der Waals surface area contributed by atoms with E-state index >= 15 is 0 Å². The Morgan fingerprint density at radius 1 is 0.733 bits per heavy atom. The van der Waals surface area contributed by atoms with E-state index in [-0.39, 0.29) is 11.8 Å². The van der Waals surface area contributed by atoms with Crippen molar-refractivity contribution in [2.24, 2.45) is 0 Å². The van der Waals surface area contributed by atoms with Crippen molar-refractivity contribution >= 4 is 11.8 Å². The smallest absolute Gasteiger partial charge is 0.254 e. The third kappa shape index (κ3) is 5.53. The number of carbonyl (C=O) groups excluding carboxylic acids is 2. The molecule has 30 heavy (non-hydrogen) atoms. The Bertz CT molecular complexity index is 788. The van der Waals surface area contributed by atoms with Crippen molar-refractivity contribution in [2.45, 2.75) is 26.7 Å². The van der Waals surface area contributed by atoms with Gasteiger partial charge in [0.1, 0.15) is 11.5 Å². The second-order valence-corrected chi connectivity index (χ2v) is 7.34. The van der Waals surface area contributed by atoms with Gasteiger partial charge < -0.3 is 19.3 Å². The van der Waals surface area contributed by atoms with Crippen LogP contribution >= 0.6 is 0 Å². The highest BCUT2D eigenvalue weighted by Gasteiger charge is 2.26. The molecule has 2 aromatic carbocycles. The standard InChI is InChI=1S/C24H30N2O4/c1-3-15-29-21-9-5-7-19(17-21)23(27)25-11-13-26(14-12-25)24(28)20-8-6-10-22(18-20)30-16-4-2/h5-10,17-18H,3-4,11-16H2,1-2H3. The Labute approximate surface area is 178 Å². The minimum atomic E-state index is -0.0287. The number of nitrogens with zero attached hydrogens (tertiary/aromatic N) is 2. The lowest BCUT2D eigenvalue weighted by atomic mass is 10.1. The van der Waals surface area contributed by atoms with Gasteiger partial charge in [-0.3, -0.25) is 9.59 Å². The van der Waals surface area contributed by atoms with E-state index in [0.717, 1.165) is 12.8 Å². The fourth-order valence-corrected chi connectivity index (χ4v) is 3.36. The Hall–Kier alpha value is -3.02. The summed E-state index contributed by atoms with van der Waals surface area (Å²) in [6.45, 7) is 7.39. The molecule has 0 unspecified atom stereocenters. The van der Waals surface area contributed by atoms with Crippen LogP contribution in [-0.2, 0) is 0 Å². The number of piperazine rings is 1. The van der Waals surface area contributed by atoms with Crippen molar-refractivity contribution in [1.82, 2.24) is 9.80 Å². The molecule has 1 aliphatic rings. The summed E-state index contributed by atoms with van der Waals surface area (Å²) >= 11 is 0. The molecule has 3 rings (SSSR count). The van der Waals surface area contributed by atoms with Gasteiger partial charge in [0, 0.05) is 37.3 Å². The summed E-state index contributed by atoms with van der Waals surface area (Å²) in [5, 5.41) is 0. The Morgan fingerprint density at radius 2 is 1.13 bits per heavy atom. The predicted molar refractivity (Wildman–Crippen MR) is 116 cm³/mol. The third-order valence-corrected chi connectivity index (χ3v) is 4.96. The van der Waals surface area contributed by atoms with Crippen molar-refractivity contribution in [3.8, 4) is 11.5 Å². The summed E-state index contributed by atoms with van der Waals surface area (Å²) in [5.74, 6) is 1.36. The topological polar surface area (TPSA) is 59.1 Å². The van der Waals surface area contributed by atoms with E-state index in [1.54, 1.807) is 34.1 Å². The van der Waals surface area contributed by atoms with E-state index in [9.17, 15) is 9.59 Å². The average Bonchev–Trinajstić information content (AvgIpc) is 2.81. The van der Waals surface area contributed by atoms with Gasteiger partial charge in [-0.15, -0.1) is 0 Å². The SMILES string of the molecule is CCCOc1cccc(C(=O)N2CCN(C(=O)c3cccc(OCCC)c3)CC2)c1. The maximum Gasteiger partial charge on any atom is 0.254 e. The molecule has 2 amide bonds. The van der Waals surface area contributed by atoms with Gasteiger partial charge in [-0.2, -0.15) is 0 Å². The lowest BCUT2D eigenvalue weighted by Crippen LogP contribution is -2.50. The molecule has 0 bridgehead atoms. The number of carbonyl (C=O) groups is 2. The van der Waals surface area contributed by atoms with E-state index in [1.165, 1.54) is 0 Å². The van der Waals surface area contributed by atoms with E-state index in [0.29, 0.717) is 62.0 Å². The lowest BCUT2D eigenvalue weighted by molar-refractivity contribution is 0.0535. The minimum absolute atomic E-state index is 0.0287. The predicted octanol–water partition coefficient (Wildman–Crippen LogP) is 3.86. The van der Waals surface area contributed by atoms with E-state index < -0.39 is 0 Å². The quantitative estimate of drug-likeness (QED) is 0.663. The van der Waals surface area contributed by atoms with Crippen LogP contribution in [0.5, 0.6) is 11.5 Å². The van der Waals surface area contributed by atoms with Crippen LogP contribution in [0.4, 0.5) is 0 Å². The zero-order chi connectivity index (χ0) is 21.3. The van der Waals surface area contributed by atoms with Crippen LogP contribution in [0, 0.1) is 0 Å². The second-order valence-electron chi connectivity index (χ2n) is 7.34. The first kappa shape index (κ1) is 21.7. The molecule has 0 spiro atoms. The molecule has 0 N–H and O–H groups in total. The van der Waals surface area contributed by atoms with Crippen LogP contribution in [-0.4, -0.2) is 61.0 Å². The van der Waals surface area contributed by atoms with Gasteiger partial charge in [-0.1, -0.05) is 26.0 Å². The first-order valence-electron chi connectivity index (χ1n) is 10.7. The fraction of sp³-hybridized carbons (Fsp3) is 0.417. The van der Waals surface area contributed by atoms with Crippen LogP contribution in [0.1, 0.15) is 47.4 Å². The molecule has 0 radical (unpaired) electrons. The van der Waals surface area contributed by atoms with Crippen molar-refractivity contribution < 1.29 is 19.1 Å². The summed E-state index contributed by atoms with van der Waals surface area (Å²) in [6.07, 6.45) is 1.84. The first-order chi connectivity index (χ1) is 14.6. The number of amides is 2. The van der Waals surface area contributed by atoms with Crippen LogP contribution in [0.2, 0.25) is 0 Å². The summed E-state index contributed by atoms with van der Waals surface area (Å²) in [7, 11) is 0. The molecule has 2 aromatic rings. The summed E-state index contributed by atoms with van der Waals surface area (Å²) < 4.78 is 11.3. The van der Waals surface area contributed by atoms with Gasteiger partial charge >= 0.3 is 0 Å². The van der Waals surface area contributed by atoms with E-state index in [1.807, 2.05) is 38.1 Å². The molecule has 6 nitrogen and oxygen atoms in total. The first-order valence-corrected chi connectivity index (χ1v) is 10.7. The molecule has 0 aliphatic carbocycles. The highest BCUT2D eigenvalue weighted by molar-refractivity contribution is 5.96. The second kappa shape index (κ2) is 10.7. The third-order valence-electron chi connectivity index (χ3n) is 4.96. The van der Waals surface area contributed by atoms with Crippen LogP contribution < -0.4 is 9.47 Å². The molecule has 160 valence electrons. The van der Waals surface area contributed by atoms with Crippen LogP contribution in [0.15, 0.2) is 48.5 Å². The maximum atomic E-state index is 12.9. The number of ether oxygens (including phenoxy) is 2. The normalized spacial score (nSPS) is 13.8. The molecule has 1 aliphatic heterocycles. The van der Waals surface area contributed by atoms with Gasteiger partial charge in [0.2, 0.25) is 0 Å². The lowest BCUT2D eigenvalue weighted by Gasteiger charge is -2.35. The van der Waals surface area contributed by atoms with Gasteiger partial charge in [0.25, 0.3) is 11.8 Å². The van der Waals surface area contributed by atoms with Gasteiger partial charge in [0.05, 0.1) is 13.2 Å². The van der Waals surface area contributed by atoms with Gasteiger partial charge in [-0.25, -0.2) is 0 Å². The molecule has 1 heterocycles. The summed E-state index contributed by atoms with van der Waals surface area (Å²) in [5.41, 5.74) is 1.23. The zero-order valence-electron chi connectivity index (χ0n) is 17.8. The molecule has 1 saturated heterocycles. The van der Waals surface area contributed by atoms with Gasteiger partial charge in [-0.05, 0) is 49.2 Å². The molecular weight excluding hydrogens is 380 g/mol. The summed E-state index contributed by atoms with van der Waals surface area (Å²) in [4.78, 5) is 29.3. The molecule has 0 aromatic heterocycles. The molecule has 0 saturated carbocycles. The van der Waals surface area contributed by atoms with Crippen molar-refractivity contribution in [3.63, 3.8) is 0 Å². The van der Waals surface area contributed by atoms with Crippen molar-refractivity contribution in [1.29, 1.82) is 0 Å². The van der Waals surface area contributed by atoms with Crippen LogP contribution in [0.25, 0.3) is 0 Å². The van der Waals surface area contributed by atoms with Crippen LogP contribution in [0.3, 0.4) is 0 Å². The van der Waals surface area contributed by atoms with Crippen molar-refractivity contribution in [2.75, 3.05) is 39.4 Å². The molecule has 1 fully saturated rings. The highest BCUT2D eigenvalue weighted by atomic mass is 16.5. The number of hydrogen-bond donors (Lipinski definition) is 0. The highest BCUT2D eigenvalue weighted by Crippen LogP contribution is 2.19. The zero-order valence-corrected chi connectivity index (χ0v) is 17.8. The molecule has 0 atom stereocenters. The number of benzene rings is 2. The van der Waals surface area contributed by atoms with Gasteiger partial charge in [0.15, 0.2) is 0 Å². The van der Waals surface area contributed by atoms with Crippen molar-refractivity contribution in [3.05, 3.63) is 59.7 Å². The number of hydrogen-bond acceptors (Lipinski definition) is 4. The monoisotopic (exact) mass is 410 g/mol. The Balaban J connectivity index is 1.58. The molecule has 6 heteroatoms. The summed E-state index contributed by atoms with van der Waals surface area (Å²) in [6, 6.07) is 14.6. The fourth-order valence-electron chi connectivity index (χ4n) is 3.36. The van der Waals surface area contributed by atoms with E-state index in [2.05, 4.69) is 0 Å². The molecular formula is C24H30N2O4. The Morgan fingerprint density at radius 3 is 1.50 bits per heavy atom. The minimum Gasteiger partial charge on any atom is -0.494 e. The average molecular weight is 411 g/mol. The Kier molecular flexibility index (Phi) is 7.71. The number of rotatable bonds is 8. The van der Waals surface area contributed by atoms with E-state index in [4.69, 9.17) is 9.47 Å². The maximum absolute atomic E-state index is 12.9. The largest absolute Gasteiger partial charge is 0.494 e.